The number of ether oxygens (including phenoxy) is 1. The molecule has 0 saturated carbocycles. The second-order valence-corrected chi connectivity index (χ2v) is 6.56. The molecule has 0 bridgehead atoms. The lowest BCUT2D eigenvalue weighted by Gasteiger charge is -2.10. The number of thioether (sulfide) groups is 1. The number of aromatic nitrogens is 2. The van der Waals surface area contributed by atoms with E-state index in [4.69, 9.17) is 4.74 Å². The maximum Gasteiger partial charge on any atom is 0.321 e. The zero-order chi connectivity index (χ0) is 19.2. The third kappa shape index (κ3) is 4.40. The van der Waals surface area contributed by atoms with Crippen molar-refractivity contribution >= 4 is 34.7 Å². The second-order valence-electron chi connectivity index (χ2n) is 5.61. The van der Waals surface area contributed by atoms with E-state index in [2.05, 4.69) is 15.6 Å². The lowest BCUT2D eigenvalue weighted by atomic mass is 10.2. The summed E-state index contributed by atoms with van der Waals surface area (Å²) in [6.07, 6.45) is 0. The number of nitrogens with zero attached hydrogens (tertiary/aromatic N) is 2. The fourth-order valence-corrected chi connectivity index (χ4v) is 3.41. The summed E-state index contributed by atoms with van der Waals surface area (Å²) in [5.74, 6) is 0.467. The summed E-state index contributed by atoms with van der Waals surface area (Å²) in [6, 6.07) is 14.9. The number of urea groups is 1. The highest BCUT2D eigenvalue weighted by Gasteiger charge is 2.15. The van der Waals surface area contributed by atoms with Gasteiger partial charge >= 0.3 is 6.03 Å². The van der Waals surface area contributed by atoms with E-state index < -0.39 is 6.03 Å². The van der Waals surface area contributed by atoms with Gasteiger partial charge in [-0.2, -0.15) is 0 Å². The van der Waals surface area contributed by atoms with Crippen molar-refractivity contribution in [2.24, 2.45) is 0 Å². The second kappa shape index (κ2) is 8.59. The molecule has 2 N–H and O–H groups in total. The molecule has 0 aliphatic rings. The smallest absolute Gasteiger partial charge is 0.321 e. The number of para-hydroxylation sites is 2. The Morgan fingerprint density at radius 2 is 1.89 bits per heavy atom. The van der Waals surface area contributed by atoms with Crippen LogP contribution in [0.3, 0.4) is 0 Å². The molecule has 0 unspecified atom stereocenters. The van der Waals surface area contributed by atoms with Gasteiger partial charge in [0.25, 0.3) is 0 Å². The summed E-state index contributed by atoms with van der Waals surface area (Å²) >= 11 is 1.27. The van der Waals surface area contributed by atoms with Gasteiger partial charge in [0.1, 0.15) is 5.75 Å². The van der Waals surface area contributed by atoms with Crippen molar-refractivity contribution in [1.29, 1.82) is 0 Å². The molecule has 3 aromatic rings. The number of amides is 3. The number of methoxy groups -OCH3 is 1. The number of hydrogen-bond donors (Lipinski definition) is 2. The predicted octanol–water partition coefficient (Wildman–Crippen LogP) is 2.97. The highest BCUT2D eigenvalue weighted by Crippen LogP contribution is 2.28. The number of imide groups is 1. The molecular weight excluding hydrogens is 364 g/mol. The molecule has 0 atom stereocenters. The van der Waals surface area contributed by atoms with Gasteiger partial charge < -0.3 is 10.1 Å². The van der Waals surface area contributed by atoms with Crippen molar-refractivity contribution in [3.8, 4) is 11.4 Å². The van der Waals surface area contributed by atoms with Gasteiger partial charge in [-0.15, -0.1) is 0 Å². The molecule has 140 valence electrons. The van der Waals surface area contributed by atoms with Gasteiger partial charge in [0, 0.05) is 12.2 Å². The number of fused-ring (bicyclic) bond motifs is 1. The first kappa shape index (κ1) is 18.8. The van der Waals surface area contributed by atoms with Gasteiger partial charge in [0.05, 0.1) is 23.9 Å². The van der Waals surface area contributed by atoms with E-state index >= 15 is 0 Å². The highest BCUT2D eigenvalue weighted by atomic mass is 32.2. The zero-order valence-corrected chi connectivity index (χ0v) is 15.9. The first-order chi connectivity index (χ1) is 13.1. The van der Waals surface area contributed by atoms with Crippen LogP contribution in [0.15, 0.2) is 53.7 Å². The summed E-state index contributed by atoms with van der Waals surface area (Å²) in [5, 5.41) is 5.50. The van der Waals surface area contributed by atoms with Crippen molar-refractivity contribution in [2.45, 2.75) is 12.1 Å². The lowest BCUT2D eigenvalue weighted by Crippen LogP contribution is -2.40. The Hall–Kier alpha value is -3.00. The first-order valence-electron chi connectivity index (χ1n) is 8.44. The monoisotopic (exact) mass is 384 g/mol. The van der Waals surface area contributed by atoms with Crippen LogP contribution in [0, 0.1) is 0 Å². The van der Waals surface area contributed by atoms with Gasteiger partial charge in [0.15, 0.2) is 5.16 Å². The minimum absolute atomic E-state index is 0.0800. The van der Waals surface area contributed by atoms with Gasteiger partial charge in [-0.3, -0.25) is 14.7 Å². The third-order valence-electron chi connectivity index (χ3n) is 3.78. The molecule has 0 radical (unpaired) electrons. The Labute approximate surface area is 161 Å². The Kier molecular flexibility index (Phi) is 5.97. The van der Waals surface area contributed by atoms with E-state index in [0.717, 1.165) is 22.5 Å². The summed E-state index contributed by atoms with van der Waals surface area (Å²) in [7, 11) is 1.62. The number of benzene rings is 2. The number of rotatable bonds is 6. The average Bonchev–Trinajstić information content (AvgIpc) is 3.05. The van der Waals surface area contributed by atoms with Crippen LogP contribution in [0.25, 0.3) is 16.7 Å². The molecule has 3 amide bonds. The van der Waals surface area contributed by atoms with E-state index in [1.807, 2.05) is 53.1 Å². The van der Waals surface area contributed by atoms with Crippen LogP contribution in [0.5, 0.6) is 5.75 Å². The Morgan fingerprint density at radius 3 is 2.59 bits per heavy atom. The molecular formula is C19H20N4O3S. The maximum absolute atomic E-state index is 12.0. The van der Waals surface area contributed by atoms with E-state index in [-0.39, 0.29) is 11.7 Å². The summed E-state index contributed by atoms with van der Waals surface area (Å²) < 4.78 is 7.20. The molecule has 0 saturated heterocycles. The summed E-state index contributed by atoms with van der Waals surface area (Å²) in [4.78, 5) is 28.1. The van der Waals surface area contributed by atoms with Crippen LogP contribution in [0.2, 0.25) is 0 Å². The molecule has 0 aliphatic heterocycles. The minimum atomic E-state index is -0.494. The molecule has 1 heterocycles. The molecule has 0 aliphatic carbocycles. The van der Waals surface area contributed by atoms with E-state index in [1.54, 1.807) is 14.0 Å². The molecule has 0 fully saturated rings. The minimum Gasteiger partial charge on any atom is -0.497 e. The zero-order valence-electron chi connectivity index (χ0n) is 15.1. The number of hydrogen-bond acceptors (Lipinski definition) is 5. The fraction of sp³-hybridized carbons (Fsp3) is 0.211. The molecule has 3 rings (SSSR count). The van der Waals surface area contributed by atoms with Crippen LogP contribution < -0.4 is 15.4 Å². The molecule has 27 heavy (non-hydrogen) atoms. The summed E-state index contributed by atoms with van der Waals surface area (Å²) in [5.41, 5.74) is 2.69. The molecule has 0 spiro atoms. The number of nitrogens with one attached hydrogen (secondary N) is 2. The largest absolute Gasteiger partial charge is 0.497 e. The average molecular weight is 384 g/mol. The van der Waals surface area contributed by atoms with Crippen LogP contribution in [-0.4, -0.2) is 40.9 Å². The standard InChI is InChI=1S/C19H20N4O3S/c1-3-20-18(25)22-17(24)12-27-19-21-15-6-4-5-7-16(15)23(19)13-8-10-14(26-2)11-9-13/h4-11H,3,12H2,1-2H3,(H2,20,22,24,25). The van der Waals surface area contributed by atoms with E-state index in [1.165, 1.54) is 11.8 Å². The highest BCUT2D eigenvalue weighted by molar-refractivity contribution is 7.99. The Balaban J connectivity index is 1.86. The predicted molar refractivity (Wildman–Crippen MR) is 106 cm³/mol. The Morgan fingerprint density at radius 1 is 1.15 bits per heavy atom. The lowest BCUT2D eigenvalue weighted by molar-refractivity contribution is -0.117. The van der Waals surface area contributed by atoms with Gasteiger partial charge in [-0.25, -0.2) is 9.78 Å². The number of imidazole rings is 1. The number of carbonyl (C=O) groups is 2. The fourth-order valence-electron chi connectivity index (χ4n) is 2.58. The Bertz CT molecular complexity index is 953. The molecule has 2 aromatic carbocycles. The topological polar surface area (TPSA) is 85.3 Å². The maximum atomic E-state index is 12.0. The molecule has 8 heteroatoms. The van der Waals surface area contributed by atoms with Crippen LogP contribution >= 0.6 is 11.8 Å². The van der Waals surface area contributed by atoms with Crippen molar-refractivity contribution in [2.75, 3.05) is 19.4 Å². The summed E-state index contributed by atoms with van der Waals surface area (Å²) in [6.45, 7) is 2.25. The van der Waals surface area contributed by atoms with Crippen molar-refractivity contribution in [3.05, 3.63) is 48.5 Å². The molecule has 7 nitrogen and oxygen atoms in total. The van der Waals surface area contributed by atoms with E-state index in [9.17, 15) is 9.59 Å². The van der Waals surface area contributed by atoms with Crippen LogP contribution in [0.1, 0.15) is 6.92 Å². The van der Waals surface area contributed by atoms with Crippen LogP contribution in [0.4, 0.5) is 4.79 Å². The number of carbonyl (C=O) groups excluding carboxylic acids is 2. The first-order valence-corrected chi connectivity index (χ1v) is 9.43. The van der Waals surface area contributed by atoms with Gasteiger partial charge in [-0.05, 0) is 43.3 Å². The normalized spacial score (nSPS) is 10.6. The van der Waals surface area contributed by atoms with Crippen molar-refractivity contribution < 1.29 is 14.3 Å². The SMILES string of the molecule is CCNC(=O)NC(=O)CSc1nc2ccccc2n1-c1ccc(OC)cc1. The van der Waals surface area contributed by atoms with Gasteiger partial charge in [0.2, 0.25) is 5.91 Å². The van der Waals surface area contributed by atoms with E-state index in [0.29, 0.717) is 11.7 Å². The van der Waals surface area contributed by atoms with Crippen LogP contribution in [-0.2, 0) is 4.79 Å². The van der Waals surface area contributed by atoms with Crippen molar-refractivity contribution in [1.82, 2.24) is 20.2 Å². The van der Waals surface area contributed by atoms with Gasteiger partial charge in [-0.1, -0.05) is 23.9 Å². The molecule has 1 aromatic heterocycles. The third-order valence-corrected chi connectivity index (χ3v) is 4.72. The quantitative estimate of drug-likeness (QED) is 0.638. The van der Waals surface area contributed by atoms with Crippen molar-refractivity contribution in [3.63, 3.8) is 0 Å².